The van der Waals surface area contributed by atoms with Crippen molar-refractivity contribution < 1.29 is 9.47 Å². The van der Waals surface area contributed by atoms with Gasteiger partial charge < -0.3 is 19.3 Å². The maximum Gasteiger partial charge on any atom is 0.159 e. The molecule has 0 atom stereocenters. The highest BCUT2D eigenvalue weighted by molar-refractivity contribution is 6.22. The van der Waals surface area contributed by atoms with Crippen LogP contribution in [0.3, 0.4) is 0 Å². The minimum absolute atomic E-state index is 0.832. The summed E-state index contributed by atoms with van der Waals surface area (Å²) < 4.78 is 13.6. The van der Waals surface area contributed by atoms with Gasteiger partial charge in [0.2, 0.25) is 0 Å². The zero-order chi connectivity index (χ0) is 47.9. The summed E-state index contributed by atoms with van der Waals surface area (Å²) in [6.45, 7) is 6.07. The Hall–Kier alpha value is -9.12. The number of rotatable bonds is 7. The third kappa shape index (κ3) is 6.39. The van der Waals surface area contributed by atoms with Crippen LogP contribution >= 0.6 is 0 Å². The summed E-state index contributed by atoms with van der Waals surface area (Å²) in [5, 5.41) is 9.60. The number of anilines is 4. The summed E-state index contributed by atoms with van der Waals surface area (Å²) in [5.74, 6) is 3.53. The van der Waals surface area contributed by atoms with Gasteiger partial charge in [0.1, 0.15) is 0 Å². The van der Waals surface area contributed by atoms with E-state index in [-0.39, 0.29) is 0 Å². The quantitative estimate of drug-likeness (QED) is 0.149. The smallest absolute Gasteiger partial charge is 0.159 e. The molecule has 0 saturated heterocycles. The van der Waals surface area contributed by atoms with Crippen LogP contribution < -0.4 is 19.3 Å². The number of ether oxygens (including phenoxy) is 2. The third-order valence-electron chi connectivity index (χ3n) is 15.0. The lowest BCUT2D eigenvalue weighted by molar-refractivity contribution is 0.475. The first kappa shape index (κ1) is 41.8. The fourth-order valence-corrected chi connectivity index (χ4v) is 11.9. The van der Waals surface area contributed by atoms with Gasteiger partial charge in [0.25, 0.3) is 0 Å². The molecule has 4 nitrogen and oxygen atoms in total. The van der Waals surface area contributed by atoms with Crippen LogP contribution in [0.25, 0.3) is 98.7 Å². The third-order valence-corrected chi connectivity index (χ3v) is 15.0. The number of hydrogen-bond donors (Lipinski definition) is 0. The fourth-order valence-electron chi connectivity index (χ4n) is 11.9. The van der Waals surface area contributed by atoms with Gasteiger partial charge in [-0.05, 0) is 144 Å². The molecule has 0 amide bonds. The van der Waals surface area contributed by atoms with Crippen molar-refractivity contribution in [3.63, 3.8) is 0 Å². The fraction of sp³-hybridized carbons (Fsp3) is 0.0588. The molecule has 0 bridgehead atoms. The normalized spacial score (nSPS) is 12.6. The standard InChI is InChI=1S/C68H48N2O2/c1-3-69-60-32-12-14-36-64(60)71-67-56(30-18-34-62(67)69)52-40-38-50(44-22-8-10-24-46(44)52)48-26-16-28-54-58(48)42-59-49(27-17-29-55(59)66(54)43-20-6-5-7-21-43)51-39-41-53(47-25-11-9-23-45(47)51)57-31-19-35-63-68(57)72-65-37-15-13-33-61(65)70(63)4-2/h5-42H,3-4H2,1-2H3. The second-order valence-corrected chi connectivity index (χ2v) is 18.8. The van der Waals surface area contributed by atoms with Crippen LogP contribution in [-0.2, 0) is 0 Å². The number of para-hydroxylation sites is 6. The average Bonchev–Trinajstić information content (AvgIpc) is 3.44. The molecule has 12 aromatic rings. The van der Waals surface area contributed by atoms with Gasteiger partial charge >= 0.3 is 0 Å². The van der Waals surface area contributed by atoms with Gasteiger partial charge in [-0.25, -0.2) is 0 Å². The molecule has 0 saturated carbocycles. The van der Waals surface area contributed by atoms with Gasteiger partial charge in [0, 0.05) is 24.2 Å². The van der Waals surface area contributed by atoms with E-state index >= 15 is 0 Å². The molecule has 0 N–H and O–H groups in total. The number of hydrogen-bond acceptors (Lipinski definition) is 4. The van der Waals surface area contributed by atoms with Crippen LogP contribution in [0.2, 0.25) is 0 Å². The molecule has 0 unspecified atom stereocenters. The summed E-state index contributed by atoms with van der Waals surface area (Å²) in [6, 6.07) is 83.8. The van der Waals surface area contributed by atoms with Crippen molar-refractivity contribution in [2.45, 2.75) is 13.8 Å². The average molecular weight is 925 g/mol. The highest BCUT2D eigenvalue weighted by Gasteiger charge is 2.29. The van der Waals surface area contributed by atoms with E-state index in [4.69, 9.17) is 9.47 Å². The van der Waals surface area contributed by atoms with Gasteiger partial charge in [-0.15, -0.1) is 0 Å². The lowest BCUT2D eigenvalue weighted by Gasteiger charge is -2.33. The zero-order valence-corrected chi connectivity index (χ0v) is 40.1. The van der Waals surface area contributed by atoms with Crippen molar-refractivity contribution >= 4 is 65.8 Å². The molecule has 0 spiro atoms. The molecule has 342 valence electrons. The second kappa shape index (κ2) is 16.8. The Labute approximate surface area is 419 Å². The van der Waals surface area contributed by atoms with E-state index in [2.05, 4.69) is 242 Å². The van der Waals surface area contributed by atoms with Crippen LogP contribution in [-0.4, -0.2) is 13.1 Å². The number of benzene rings is 12. The SMILES string of the molecule is CCN1c2ccccc2Oc2c(-c3ccc(-c4cccc5c(-c6ccccc6)c6cccc(-c7ccc(-c8cccc9c8Oc8ccccc8N9CC)c8ccccc78)c6cc45)c4ccccc34)cccc21. The molecule has 0 radical (unpaired) electrons. The highest BCUT2D eigenvalue weighted by Crippen LogP contribution is 2.54. The summed E-state index contributed by atoms with van der Waals surface area (Å²) in [5.41, 5.74) is 16.0. The van der Waals surface area contributed by atoms with Crippen LogP contribution in [0.5, 0.6) is 23.0 Å². The van der Waals surface area contributed by atoms with Crippen LogP contribution in [0.1, 0.15) is 13.8 Å². The van der Waals surface area contributed by atoms with Gasteiger partial charge in [-0.2, -0.15) is 0 Å². The Balaban J connectivity index is 0.969. The molecule has 14 rings (SSSR count). The van der Waals surface area contributed by atoms with E-state index in [0.717, 1.165) is 81.1 Å². The molecule has 2 aliphatic heterocycles. The highest BCUT2D eigenvalue weighted by atomic mass is 16.5. The van der Waals surface area contributed by atoms with E-state index in [1.807, 2.05) is 12.1 Å². The second-order valence-electron chi connectivity index (χ2n) is 18.8. The van der Waals surface area contributed by atoms with E-state index in [1.54, 1.807) is 0 Å². The van der Waals surface area contributed by atoms with E-state index in [9.17, 15) is 0 Å². The van der Waals surface area contributed by atoms with Crippen molar-refractivity contribution in [2.24, 2.45) is 0 Å². The Morgan fingerprint density at radius 3 is 1.06 bits per heavy atom. The summed E-state index contributed by atoms with van der Waals surface area (Å²) in [6.07, 6.45) is 0. The molecule has 0 aromatic heterocycles. The van der Waals surface area contributed by atoms with Crippen molar-refractivity contribution in [1.29, 1.82) is 0 Å². The van der Waals surface area contributed by atoms with E-state index in [1.165, 1.54) is 76.5 Å². The topological polar surface area (TPSA) is 24.9 Å². The molecule has 4 heteroatoms. The van der Waals surface area contributed by atoms with Crippen LogP contribution in [0, 0.1) is 0 Å². The minimum atomic E-state index is 0.832. The molecular weight excluding hydrogens is 877 g/mol. The molecule has 2 aliphatic rings. The predicted octanol–water partition coefficient (Wildman–Crippen LogP) is 19.2. The summed E-state index contributed by atoms with van der Waals surface area (Å²) in [7, 11) is 0. The number of fused-ring (bicyclic) bond motifs is 8. The molecule has 0 fully saturated rings. The monoisotopic (exact) mass is 924 g/mol. The van der Waals surface area contributed by atoms with E-state index < -0.39 is 0 Å². The first-order chi connectivity index (χ1) is 35.7. The summed E-state index contributed by atoms with van der Waals surface area (Å²) >= 11 is 0. The number of nitrogens with zero attached hydrogens (tertiary/aromatic N) is 2. The van der Waals surface area contributed by atoms with Crippen LogP contribution in [0.4, 0.5) is 22.7 Å². The van der Waals surface area contributed by atoms with Gasteiger partial charge in [0.05, 0.1) is 22.7 Å². The Morgan fingerprint density at radius 2 is 0.611 bits per heavy atom. The lowest BCUT2D eigenvalue weighted by Crippen LogP contribution is -2.20. The summed E-state index contributed by atoms with van der Waals surface area (Å²) in [4.78, 5) is 4.71. The predicted molar refractivity (Wildman–Crippen MR) is 302 cm³/mol. The van der Waals surface area contributed by atoms with Gasteiger partial charge in [0.15, 0.2) is 23.0 Å². The Kier molecular flexibility index (Phi) is 9.75. The first-order valence-electron chi connectivity index (χ1n) is 25.1. The van der Waals surface area contributed by atoms with Crippen molar-refractivity contribution in [3.8, 4) is 78.6 Å². The molecule has 0 aliphatic carbocycles. The lowest BCUT2D eigenvalue weighted by atomic mass is 9.84. The van der Waals surface area contributed by atoms with Gasteiger partial charge in [-0.1, -0.05) is 188 Å². The van der Waals surface area contributed by atoms with Crippen LogP contribution in [0.15, 0.2) is 231 Å². The van der Waals surface area contributed by atoms with Crippen molar-refractivity contribution in [2.75, 3.05) is 22.9 Å². The minimum Gasteiger partial charge on any atom is -0.452 e. The largest absolute Gasteiger partial charge is 0.452 e. The molecule has 72 heavy (non-hydrogen) atoms. The molecule has 2 heterocycles. The maximum absolute atomic E-state index is 6.81. The van der Waals surface area contributed by atoms with Crippen molar-refractivity contribution in [1.82, 2.24) is 0 Å². The molecular formula is C68H48N2O2. The molecule has 12 aromatic carbocycles. The first-order valence-corrected chi connectivity index (χ1v) is 25.1. The van der Waals surface area contributed by atoms with Crippen molar-refractivity contribution in [3.05, 3.63) is 231 Å². The Bertz CT molecular complexity index is 3910. The zero-order valence-electron chi connectivity index (χ0n) is 40.1. The Morgan fingerprint density at radius 1 is 0.278 bits per heavy atom. The maximum atomic E-state index is 6.81. The van der Waals surface area contributed by atoms with Gasteiger partial charge in [-0.3, -0.25) is 0 Å². The van der Waals surface area contributed by atoms with E-state index in [0.29, 0.717) is 0 Å².